The molecular formula is C15H20N2O. The molecule has 2 rings (SSSR count). The second-order valence-electron chi connectivity index (χ2n) is 5.76. The number of hydrogen-bond donors (Lipinski definition) is 1. The van der Waals surface area contributed by atoms with Gasteiger partial charge in [0.25, 0.3) is 5.56 Å². The first-order valence-electron chi connectivity index (χ1n) is 6.16. The van der Waals surface area contributed by atoms with Gasteiger partial charge >= 0.3 is 0 Å². The Kier molecular flexibility index (Phi) is 3.03. The van der Waals surface area contributed by atoms with Crippen molar-refractivity contribution in [1.82, 2.24) is 4.57 Å². The van der Waals surface area contributed by atoms with Gasteiger partial charge in [0.1, 0.15) is 0 Å². The molecule has 0 amide bonds. The molecule has 0 saturated heterocycles. The average Bonchev–Trinajstić information content (AvgIpc) is 2.25. The van der Waals surface area contributed by atoms with E-state index in [-0.39, 0.29) is 11.1 Å². The summed E-state index contributed by atoms with van der Waals surface area (Å²) in [7, 11) is 1.82. The molecule has 3 nitrogen and oxygen atoms in total. The van der Waals surface area contributed by atoms with Crippen LogP contribution in [0.4, 0.5) is 0 Å². The fraction of sp³-hybridized carbons (Fsp3) is 0.400. The number of aromatic nitrogens is 1. The Balaban J connectivity index is 2.68. The van der Waals surface area contributed by atoms with Crippen molar-refractivity contribution in [2.24, 2.45) is 12.8 Å². The molecule has 0 spiro atoms. The Morgan fingerprint density at radius 3 is 2.56 bits per heavy atom. The Morgan fingerprint density at radius 1 is 1.28 bits per heavy atom. The Hall–Kier alpha value is -1.61. The van der Waals surface area contributed by atoms with Crippen LogP contribution in [0.15, 0.2) is 29.1 Å². The molecule has 0 bridgehead atoms. The van der Waals surface area contributed by atoms with E-state index >= 15 is 0 Å². The monoisotopic (exact) mass is 244 g/mol. The molecule has 0 fully saturated rings. The predicted octanol–water partition coefficient (Wildman–Crippen LogP) is 2.13. The van der Waals surface area contributed by atoms with Gasteiger partial charge in [-0.3, -0.25) is 4.79 Å². The first-order valence-corrected chi connectivity index (χ1v) is 6.16. The van der Waals surface area contributed by atoms with Gasteiger partial charge in [-0.05, 0) is 50.3 Å². The van der Waals surface area contributed by atoms with Crippen LogP contribution < -0.4 is 11.3 Å². The summed E-state index contributed by atoms with van der Waals surface area (Å²) in [5.74, 6) is 0. The van der Waals surface area contributed by atoms with E-state index in [1.54, 1.807) is 4.57 Å². The summed E-state index contributed by atoms with van der Waals surface area (Å²) in [6, 6.07) is 8.11. The molecule has 0 radical (unpaired) electrons. The molecule has 0 aliphatic heterocycles. The standard InChI is InChI=1S/C15H20N2O/c1-10-5-6-11-8-12(9-15(2,3)16)14(18)17(4)13(11)7-10/h5-8H,9,16H2,1-4H3. The van der Waals surface area contributed by atoms with Crippen LogP contribution in [0.25, 0.3) is 10.9 Å². The largest absolute Gasteiger partial charge is 0.325 e. The van der Waals surface area contributed by atoms with E-state index in [2.05, 4.69) is 12.1 Å². The van der Waals surface area contributed by atoms with Crippen molar-refractivity contribution in [3.8, 4) is 0 Å². The van der Waals surface area contributed by atoms with E-state index in [1.165, 1.54) is 0 Å². The summed E-state index contributed by atoms with van der Waals surface area (Å²) in [5.41, 5.74) is 8.59. The van der Waals surface area contributed by atoms with Gasteiger partial charge in [0.05, 0.1) is 5.52 Å². The third-order valence-electron chi connectivity index (χ3n) is 3.10. The molecule has 1 aromatic carbocycles. The second kappa shape index (κ2) is 4.25. The highest BCUT2D eigenvalue weighted by atomic mass is 16.1. The van der Waals surface area contributed by atoms with Crippen LogP contribution in [0.1, 0.15) is 25.0 Å². The van der Waals surface area contributed by atoms with Gasteiger partial charge in [0.2, 0.25) is 0 Å². The molecule has 0 unspecified atom stereocenters. The quantitative estimate of drug-likeness (QED) is 0.879. The molecule has 0 aliphatic rings. The van der Waals surface area contributed by atoms with Crippen molar-refractivity contribution < 1.29 is 0 Å². The predicted molar refractivity (Wildman–Crippen MR) is 75.9 cm³/mol. The number of aryl methyl sites for hydroxylation is 2. The minimum atomic E-state index is -0.371. The van der Waals surface area contributed by atoms with Crippen molar-refractivity contribution in [3.63, 3.8) is 0 Å². The van der Waals surface area contributed by atoms with Crippen LogP contribution in [0.3, 0.4) is 0 Å². The van der Waals surface area contributed by atoms with Gasteiger partial charge in [0.15, 0.2) is 0 Å². The maximum absolute atomic E-state index is 12.3. The zero-order valence-electron chi connectivity index (χ0n) is 11.4. The molecule has 3 heteroatoms. The molecule has 96 valence electrons. The third-order valence-corrected chi connectivity index (χ3v) is 3.10. The van der Waals surface area contributed by atoms with Gasteiger partial charge in [-0.1, -0.05) is 12.1 Å². The Morgan fingerprint density at radius 2 is 1.94 bits per heavy atom. The van der Waals surface area contributed by atoms with E-state index < -0.39 is 0 Å². The Labute approximate surface area is 107 Å². The molecule has 1 aromatic heterocycles. The second-order valence-corrected chi connectivity index (χ2v) is 5.76. The van der Waals surface area contributed by atoms with E-state index in [9.17, 15) is 4.79 Å². The number of pyridine rings is 1. The molecular weight excluding hydrogens is 224 g/mol. The normalized spacial score (nSPS) is 12.1. The van der Waals surface area contributed by atoms with Crippen molar-refractivity contribution in [3.05, 3.63) is 45.7 Å². The SMILES string of the molecule is Cc1ccc2cc(CC(C)(C)N)c(=O)n(C)c2c1. The summed E-state index contributed by atoms with van der Waals surface area (Å²) < 4.78 is 1.71. The molecule has 2 N–H and O–H groups in total. The summed E-state index contributed by atoms with van der Waals surface area (Å²) in [5, 5.41) is 1.09. The van der Waals surface area contributed by atoms with E-state index in [0.717, 1.165) is 22.0 Å². The maximum Gasteiger partial charge on any atom is 0.254 e. The number of rotatable bonds is 2. The van der Waals surface area contributed by atoms with Crippen molar-refractivity contribution in [1.29, 1.82) is 0 Å². The van der Waals surface area contributed by atoms with Gasteiger partial charge in [-0.2, -0.15) is 0 Å². The first-order chi connectivity index (χ1) is 8.28. The topological polar surface area (TPSA) is 48.0 Å². The molecule has 0 aliphatic carbocycles. The van der Waals surface area contributed by atoms with Crippen LogP contribution in [0.5, 0.6) is 0 Å². The van der Waals surface area contributed by atoms with E-state index in [1.807, 2.05) is 40.0 Å². The molecule has 1 heterocycles. The zero-order chi connectivity index (χ0) is 13.5. The number of benzene rings is 1. The maximum atomic E-state index is 12.3. The molecule has 2 aromatic rings. The number of nitrogens with zero attached hydrogens (tertiary/aromatic N) is 1. The number of fused-ring (bicyclic) bond motifs is 1. The van der Waals surface area contributed by atoms with Gasteiger partial charge in [0, 0.05) is 18.2 Å². The summed E-state index contributed by atoms with van der Waals surface area (Å²) >= 11 is 0. The van der Waals surface area contributed by atoms with Crippen LogP contribution in [0.2, 0.25) is 0 Å². The van der Waals surface area contributed by atoms with Gasteiger partial charge in [-0.25, -0.2) is 0 Å². The van der Waals surface area contributed by atoms with Gasteiger partial charge < -0.3 is 10.3 Å². The van der Waals surface area contributed by atoms with Crippen LogP contribution >= 0.6 is 0 Å². The minimum absolute atomic E-state index is 0.0478. The molecule has 18 heavy (non-hydrogen) atoms. The van der Waals surface area contributed by atoms with Crippen LogP contribution in [-0.4, -0.2) is 10.1 Å². The van der Waals surface area contributed by atoms with Crippen LogP contribution in [0, 0.1) is 6.92 Å². The third kappa shape index (κ3) is 2.46. The highest BCUT2D eigenvalue weighted by Gasteiger charge is 2.16. The summed E-state index contributed by atoms with van der Waals surface area (Å²) in [4.78, 5) is 12.3. The fourth-order valence-electron chi connectivity index (χ4n) is 2.26. The van der Waals surface area contributed by atoms with Crippen LogP contribution in [-0.2, 0) is 13.5 Å². The summed E-state index contributed by atoms with van der Waals surface area (Å²) in [6.45, 7) is 5.90. The lowest BCUT2D eigenvalue weighted by molar-refractivity contribution is 0.513. The first kappa shape index (κ1) is 12.8. The Bertz CT molecular complexity index is 648. The van der Waals surface area contributed by atoms with Crippen molar-refractivity contribution in [2.75, 3.05) is 0 Å². The van der Waals surface area contributed by atoms with Crippen molar-refractivity contribution >= 4 is 10.9 Å². The molecule has 0 atom stereocenters. The van der Waals surface area contributed by atoms with E-state index in [4.69, 9.17) is 5.73 Å². The lowest BCUT2D eigenvalue weighted by Gasteiger charge is -2.19. The van der Waals surface area contributed by atoms with Gasteiger partial charge in [-0.15, -0.1) is 0 Å². The lowest BCUT2D eigenvalue weighted by Crippen LogP contribution is -2.37. The smallest absolute Gasteiger partial charge is 0.254 e. The summed E-state index contributed by atoms with van der Waals surface area (Å²) in [6.07, 6.45) is 0.587. The van der Waals surface area contributed by atoms with Crippen molar-refractivity contribution in [2.45, 2.75) is 32.7 Å². The lowest BCUT2D eigenvalue weighted by atomic mass is 9.96. The minimum Gasteiger partial charge on any atom is -0.325 e. The highest BCUT2D eigenvalue weighted by Crippen LogP contribution is 2.16. The number of nitrogens with two attached hydrogens (primary N) is 1. The fourth-order valence-corrected chi connectivity index (χ4v) is 2.26. The zero-order valence-corrected chi connectivity index (χ0v) is 11.4. The molecule has 0 saturated carbocycles. The number of hydrogen-bond acceptors (Lipinski definition) is 2. The average molecular weight is 244 g/mol. The van der Waals surface area contributed by atoms with E-state index in [0.29, 0.717) is 6.42 Å². The highest BCUT2D eigenvalue weighted by molar-refractivity contribution is 5.80.